The van der Waals surface area contributed by atoms with Crippen LogP contribution in [0.3, 0.4) is 0 Å². The first kappa shape index (κ1) is 13.5. The van der Waals surface area contributed by atoms with Gasteiger partial charge in [-0.1, -0.05) is 17.8 Å². The molecule has 0 saturated heterocycles. The van der Waals surface area contributed by atoms with Crippen molar-refractivity contribution in [1.29, 1.82) is 0 Å². The fraction of sp³-hybridized carbons (Fsp3) is 0.154. The van der Waals surface area contributed by atoms with Crippen LogP contribution in [0.2, 0.25) is 0 Å². The van der Waals surface area contributed by atoms with E-state index < -0.39 is 11.9 Å². The first-order valence-corrected chi connectivity index (χ1v) is 6.95. The predicted octanol–water partition coefficient (Wildman–Crippen LogP) is 4.19. The standard InChI is InChI=1S/C13H11BrFNOS/c1-8(17)13-10(15)3-2-4-11(13)18-12-6-5-9(14)7-16-12/h2-8,17H,1H3. The molecule has 18 heavy (non-hydrogen) atoms. The Hall–Kier alpha value is -0.910. The second-order valence-corrected chi connectivity index (χ2v) is 5.72. The van der Waals surface area contributed by atoms with Crippen molar-refractivity contribution < 1.29 is 9.50 Å². The number of hydrogen-bond donors (Lipinski definition) is 1. The Morgan fingerprint density at radius 1 is 1.33 bits per heavy atom. The molecule has 1 unspecified atom stereocenters. The summed E-state index contributed by atoms with van der Waals surface area (Å²) in [5.74, 6) is -0.396. The quantitative estimate of drug-likeness (QED) is 0.917. The maximum Gasteiger partial charge on any atom is 0.130 e. The zero-order chi connectivity index (χ0) is 13.1. The molecule has 0 aliphatic rings. The average molecular weight is 328 g/mol. The second kappa shape index (κ2) is 5.82. The molecule has 0 radical (unpaired) electrons. The third kappa shape index (κ3) is 3.10. The summed E-state index contributed by atoms with van der Waals surface area (Å²) in [6.07, 6.45) is 0.841. The van der Waals surface area contributed by atoms with Gasteiger partial charge >= 0.3 is 0 Å². The van der Waals surface area contributed by atoms with Crippen LogP contribution >= 0.6 is 27.7 Å². The molecular weight excluding hydrogens is 317 g/mol. The number of benzene rings is 1. The van der Waals surface area contributed by atoms with E-state index in [-0.39, 0.29) is 0 Å². The molecule has 1 N–H and O–H groups in total. The molecule has 0 aliphatic heterocycles. The van der Waals surface area contributed by atoms with Crippen molar-refractivity contribution in [3.8, 4) is 0 Å². The van der Waals surface area contributed by atoms with Crippen LogP contribution in [0.25, 0.3) is 0 Å². The summed E-state index contributed by atoms with van der Waals surface area (Å²) in [4.78, 5) is 4.90. The van der Waals surface area contributed by atoms with Gasteiger partial charge in [-0.15, -0.1) is 0 Å². The fourth-order valence-electron chi connectivity index (χ4n) is 1.55. The molecule has 1 atom stereocenters. The van der Waals surface area contributed by atoms with Gasteiger partial charge in [-0.2, -0.15) is 0 Å². The van der Waals surface area contributed by atoms with Gasteiger partial charge in [-0.3, -0.25) is 0 Å². The van der Waals surface area contributed by atoms with Gasteiger partial charge in [-0.05, 0) is 47.1 Å². The molecule has 2 aromatic rings. The van der Waals surface area contributed by atoms with Crippen LogP contribution < -0.4 is 0 Å². The largest absolute Gasteiger partial charge is 0.389 e. The Morgan fingerprint density at radius 2 is 2.11 bits per heavy atom. The van der Waals surface area contributed by atoms with Crippen LogP contribution in [-0.4, -0.2) is 10.1 Å². The number of hydrogen-bond acceptors (Lipinski definition) is 3. The van der Waals surface area contributed by atoms with E-state index in [1.54, 1.807) is 25.3 Å². The molecule has 0 amide bonds. The van der Waals surface area contributed by atoms with Gasteiger partial charge in [0.15, 0.2) is 0 Å². The van der Waals surface area contributed by atoms with Crippen molar-refractivity contribution in [3.63, 3.8) is 0 Å². The van der Waals surface area contributed by atoms with Crippen molar-refractivity contribution in [2.24, 2.45) is 0 Å². The Kier molecular flexibility index (Phi) is 4.37. The van der Waals surface area contributed by atoms with E-state index in [0.717, 1.165) is 9.50 Å². The summed E-state index contributed by atoms with van der Waals surface area (Å²) in [7, 11) is 0. The molecule has 0 fully saturated rings. The fourth-order valence-corrected chi connectivity index (χ4v) is 2.77. The van der Waals surface area contributed by atoms with Crippen molar-refractivity contribution in [1.82, 2.24) is 4.98 Å². The van der Waals surface area contributed by atoms with Crippen LogP contribution in [-0.2, 0) is 0 Å². The van der Waals surface area contributed by atoms with E-state index in [1.165, 1.54) is 17.8 Å². The lowest BCUT2D eigenvalue weighted by Gasteiger charge is -2.12. The zero-order valence-corrected chi connectivity index (χ0v) is 12.0. The molecule has 1 heterocycles. The van der Waals surface area contributed by atoms with Gasteiger partial charge in [0.25, 0.3) is 0 Å². The van der Waals surface area contributed by atoms with E-state index in [2.05, 4.69) is 20.9 Å². The van der Waals surface area contributed by atoms with Crippen LogP contribution in [0.1, 0.15) is 18.6 Å². The third-order valence-electron chi connectivity index (χ3n) is 2.35. The molecule has 2 nitrogen and oxygen atoms in total. The lowest BCUT2D eigenvalue weighted by molar-refractivity contribution is 0.191. The van der Waals surface area contributed by atoms with Crippen molar-refractivity contribution in [2.45, 2.75) is 22.9 Å². The first-order valence-electron chi connectivity index (χ1n) is 5.34. The Labute approximate surface area is 117 Å². The molecule has 0 spiro atoms. The monoisotopic (exact) mass is 327 g/mol. The molecule has 0 bridgehead atoms. The summed E-state index contributed by atoms with van der Waals surface area (Å²) >= 11 is 4.64. The summed E-state index contributed by atoms with van der Waals surface area (Å²) in [5.41, 5.74) is 0.312. The number of nitrogens with zero attached hydrogens (tertiary/aromatic N) is 1. The summed E-state index contributed by atoms with van der Waals surface area (Å²) in [6.45, 7) is 1.55. The van der Waals surface area contributed by atoms with Crippen molar-refractivity contribution in [2.75, 3.05) is 0 Å². The minimum Gasteiger partial charge on any atom is -0.389 e. The van der Waals surface area contributed by atoms with Crippen LogP contribution in [0, 0.1) is 5.82 Å². The molecule has 1 aromatic heterocycles. The zero-order valence-electron chi connectivity index (χ0n) is 9.60. The summed E-state index contributed by atoms with van der Waals surface area (Å²) < 4.78 is 14.6. The topological polar surface area (TPSA) is 33.1 Å². The highest BCUT2D eigenvalue weighted by Gasteiger charge is 2.14. The normalized spacial score (nSPS) is 12.4. The van der Waals surface area contributed by atoms with Gasteiger partial charge in [-0.25, -0.2) is 9.37 Å². The maximum atomic E-state index is 13.7. The van der Waals surface area contributed by atoms with E-state index in [9.17, 15) is 9.50 Å². The highest BCUT2D eigenvalue weighted by Crippen LogP contribution is 2.33. The van der Waals surface area contributed by atoms with E-state index in [1.807, 2.05) is 12.1 Å². The summed E-state index contributed by atoms with van der Waals surface area (Å²) in [6, 6.07) is 8.46. The number of halogens is 2. The molecule has 0 aliphatic carbocycles. The number of pyridine rings is 1. The molecule has 2 rings (SSSR count). The van der Waals surface area contributed by atoms with Crippen LogP contribution in [0.5, 0.6) is 0 Å². The molecule has 0 saturated carbocycles. The minimum absolute atomic E-state index is 0.312. The average Bonchev–Trinajstić information content (AvgIpc) is 2.32. The smallest absolute Gasteiger partial charge is 0.130 e. The molecule has 1 aromatic carbocycles. The van der Waals surface area contributed by atoms with Gasteiger partial charge in [0, 0.05) is 21.1 Å². The predicted molar refractivity (Wildman–Crippen MR) is 73.1 cm³/mol. The lowest BCUT2D eigenvalue weighted by atomic mass is 10.1. The highest BCUT2D eigenvalue weighted by atomic mass is 79.9. The first-order chi connectivity index (χ1) is 8.58. The second-order valence-electron chi connectivity index (χ2n) is 3.74. The Bertz CT molecular complexity index is 545. The molecular formula is C13H11BrFNOS. The van der Waals surface area contributed by atoms with Gasteiger partial charge in [0.05, 0.1) is 6.10 Å². The van der Waals surface area contributed by atoms with Gasteiger partial charge in [0.1, 0.15) is 10.8 Å². The van der Waals surface area contributed by atoms with E-state index in [0.29, 0.717) is 10.5 Å². The Morgan fingerprint density at radius 3 is 2.72 bits per heavy atom. The number of aromatic nitrogens is 1. The third-order valence-corrected chi connectivity index (χ3v) is 3.84. The van der Waals surface area contributed by atoms with E-state index >= 15 is 0 Å². The maximum absolute atomic E-state index is 13.7. The Balaban J connectivity index is 2.34. The SMILES string of the molecule is CC(O)c1c(F)cccc1Sc1ccc(Br)cn1. The van der Waals surface area contributed by atoms with Crippen molar-refractivity contribution >= 4 is 27.7 Å². The summed E-state index contributed by atoms with van der Waals surface area (Å²) in [5, 5.41) is 10.4. The number of aliphatic hydroxyl groups excluding tert-OH is 1. The lowest BCUT2D eigenvalue weighted by Crippen LogP contribution is -1.98. The van der Waals surface area contributed by atoms with Crippen LogP contribution in [0.4, 0.5) is 4.39 Å². The molecule has 94 valence electrons. The van der Waals surface area contributed by atoms with Gasteiger partial charge in [0.2, 0.25) is 0 Å². The van der Waals surface area contributed by atoms with Crippen LogP contribution in [0.15, 0.2) is 50.9 Å². The van der Waals surface area contributed by atoms with Gasteiger partial charge < -0.3 is 5.11 Å². The number of aliphatic hydroxyl groups is 1. The molecule has 5 heteroatoms. The minimum atomic E-state index is -0.843. The number of rotatable bonds is 3. The highest BCUT2D eigenvalue weighted by molar-refractivity contribution is 9.10. The van der Waals surface area contributed by atoms with Crippen molar-refractivity contribution in [3.05, 3.63) is 52.4 Å². The van der Waals surface area contributed by atoms with E-state index in [4.69, 9.17) is 0 Å².